The highest BCUT2D eigenvalue weighted by Gasteiger charge is 2.56. The van der Waals surface area contributed by atoms with Gasteiger partial charge in [-0.25, -0.2) is 14.1 Å². The summed E-state index contributed by atoms with van der Waals surface area (Å²) < 4.78 is 20.3. The van der Waals surface area contributed by atoms with Gasteiger partial charge in [0.1, 0.15) is 17.6 Å². The Morgan fingerprint density at radius 1 is 0.932 bits per heavy atom. The Bertz CT molecular complexity index is 1830. The maximum absolute atomic E-state index is 14.0. The summed E-state index contributed by atoms with van der Waals surface area (Å²) in [5, 5.41) is 2.31. The van der Waals surface area contributed by atoms with Crippen LogP contribution in [0.3, 0.4) is 0 Å². The number of ether oxygens (including phenoxy) is 1. The first-order valence-corrected chi connectivity index (χ1v) is 15.5. The molecule has 0 aliphatic carbocycles. The molecule has 1 aromatic heterocycles. The average Bonchev–Trinajstić information content (AvgIpc) is 3.45. The fourth-order valence-electron chi connectivity index (χ4n) is 5.48. The van der Waals surface area contributed by atoms with Gasteiger partial charge in [0, 0.05) is 16.5 Å². The minimum Gasteiger partial charge on any atom is -0.462 e. The van der Waals surface area contributed by atoms with Gasteiger partial charge in [-0.1, -0.05) is 52.9 Å². The molecule has 1 N–H and O–H groups in total. The smallest absolute Gasteiger partial charge is 0.338 e. The summed E-state index contributed by atoms with van der Waals surface area (Å²) in [7, 11) is 0. The van der Waals surface area contributed by atoms with E-state index in [-0.39, 0.29) is 18.7 Å². The molecule has 2 aliphatic heterocycles. The number of aromatic nitrogens is 1. The highest BCUT2D eigenvalue weighted by atomic mass is 32.2. The highest BCUT2D eigenvalue weighted by Crippen LogP contribution is 2.53. The van der Waals surface area contributed by atoms with Crippen LogP contribution < -0.4 is 15.1 Å². The number of halogens is 1. The second-order valence-electron chi connectivity index (χ2n) is 10.4. The number of carbonyl (C=O) groups excluding carboxylic acids is 4. The lowest BCUT2D eigenvalue weighted by atomic mass is 9.83. The third-order valence-electron chi connectivity index (χ3n) is 7.55. The molecule has 4 aromatic rings. The zero-order chi connectivity index (χ0) is 31.1. The molecule has 0 saturated carbocycles. The van der Waals surface area contributed by atoms with Crippen LogP contribution in [0.2, 0.25) is 0 Å². The Kier molecular flexibility index (Phi) is 7.95. The van der Waals surface area contributed by atoms with E-state index < -0.39 is 51.5 Å². The molecule has 224 valence electrons. The minimum atomic E-state index is -0.907. The van der Waals surface area contributed by atoms with Crippen molar-refractivity contribution in [3.63, 3.8) is 0 Å². The maximum Gasteiger partial charge on any atom is 0.338 e. The molecule has 44 heavy (non-hydrogen) atoms. The average molecular weight is 632 g/mol. The lowest BCUT2D eigenvalue weighted by molar-refractivity contribution is -0.122. The van der Waals surface area contributed by atoms with Crippen molar-refractivity contribution in [2.75, 3.05) is 16.8 Å². The van der Waals surface area contributed by atoms with Gasteiger partial charge in [-0.2, -0.15) is 0 Å². The van der Waals surface area contributed by atoms with E-state index in [0.29, 0.717) is 26.8 Å². The number of thioether (sulfide) groups is 1. The molecule has 1 saturated heterocycles. The van der Waals surface area contributed by atoms with Gasteiger partial charge in [0.2, 0.25) is 17.7 Å². The predicted molar refractivity (Wildman–Crippen MR) is 165 cm³/mol. The Morgan fingerprint density at radius 2 is 1.61 bits per heavy atom. The molecular formula is C32H26FN3O6S2. The Hall–Kier alpha value is -4.55. The molecule has 0 bridgehead atoms. The zero-order valence-corrected chi connectivity index (χ0v) is 25.2. The van der Waals surface area contributed by atoms with Crippen LogP contribution in [0.5, 0.6) is 0 Å². The summed E-state index contributed by atoms with van der Waals surface area (Å²) in [4.78, 5) is 67.6. The molecule has 9 nitrogen and oxygen atoms in total. The summed E-state index contributed by atoms with van der Waals surface area (Å²) in [6.45, 7) is 3.54. The molecule has 2 unspecified atom stereocenters. The number of nitrogens with zero attached hydrogens (tertiary/aromatic N) is 2. The van der Waals surface area contributed by atoms with Crippen LogP contribution in [0, 0.1) is 18.7 Å². The molecule has 0 spiro atoms. The number of aryl methyl sites for hydroxylation is 1. The third-order valence-corrected chi connectivity index (χ3v) is 10.2. The number of carbonyl (C=O) groups is 4. The summed E-state index contributed by atoms with van der Waals surface area (Å²) in [6.07, 6.45) is 0. The molecule has 3 heterocycles. The van der Waals surface area contributed by atoms with Crippen LogP contribution in [-0.4, -0.2) is 40.1 Å². The van der Waals surface area contributed by atoms with Crippen LogP contribution in [-0.2, 0) is 25.7 Å². The zero-order valence-electron chi connectivity index (χ0n) is 23.6. The molecule has 0 radical (unpaired) electrons. The fourth-order valence-corrected chi connectivity index (χ4v) is 8.25. The molecule has 3 amide bonds. The lowest BCUT2D eigenvalue weighted by Crippen LogP contribution is -2.33. The topological polar surface area (TPSA) is 115 Å². The van der Waals surface area contributed by atoms with E-state index >= 15 is 0 Å². The molecule has 3 aromatic carbocycles. The number of imide groups is 1. The van der Waals surface area contributed by atoms with Crippen LogP contribution in [0.1, 0.15) is 39.2 Å². The first-order valence-electron chi connectivity index (χ1n) is 13.8. The molecule has 3 atom stereocenters. The second-order valence-corrected chi connectivity index (χ2v) is 12.5. The number of hydrogen-bond acceptors (Lipinski definition) is 8. The quantitative estimate of drug-likeness (QED) is 0.226. The van der Waals surface area contributed by atoms with E-state index in [0.717, 1.165) is 33.6 Å². The summed E-state index contributed by atoms with van der Waals surface area (Å²) in [5.41, 5.74) is 2.75. The highest BCUT2D eigenvalue weighted by molar-refractivity contribution is 8.00. The SMILES string of the molecule is CCOC(=O)c1ccc(N2C(=O)C3Sc4c(sc(=O)n4CC(=O)Nc4ccc(C)cc4)[C@H](c4ccc(F)cc4)C3C2=O)cc1. The number of thiazole rings is 1. The van der Waals surface area contributed by atoms with Gasteiger partial charge in [0.25, 0.3) is 0 Å². The number of amides is 3. The molecule has 6 rings (SSSR count). The van der Waals surface area contributed by atoms with Crippen LogP contribution in [0.25, 0.3) is 0 Å². The number of fused-ring (bicyclic) bond motifs is 2. The Morgan fingerprint density at radius 3 is 2.27 bits per heavy atom. The van der Waals surface area contributed by atoms with Crippen LogP contribution in [0.15, 0.2) is 82.6 Å². The van der Waals surface area contributed by atoms with Crippen molar-refractivity contribution in [3.05, 3.63) is 110 Å². The van der Waals surface area contributed by atoms with E-state index in [4.69, 9.17) is 4.74 Å². The van der Waals surface area contributed by atoms with Crippen molar-refractivity contribution in [2.45, 2.75) is 36.6 Å². The van der Waals surface area contributed by atoms with Crippen molar-refractivity contribution in [1.82, 2.24) is 4.57 Å². The van der Waals surface area contributed by atoms with Crippen LogP contribution in [0.4, 0.5) is 15.8 Å². The van der Waals surface area contributed by atoms with Gasteiger partial charge in [-0.15, -0.1) is 0 Å². The molecule has 12 heteroatoms. The third kappa shape index (κ3) is 5.35. The van der Waals surface area contributed by atoms with Crippen molar-refractivity contribution in [2.24, 2.45) is 5.92 Å². The van der Waals surface area contributed by atoms with Crippen molar-refractivity contribution >= 4 is 58.2 Å². The van der Waals surface area contributed by atoms with Crippen molar-refractivity contribution in [1.29, 1.82) is 0 Å². The van der Waals surface area contributed by atoms with E-state index in [1.165, 1.54) is 41.0 Å². The summed E-state index contributed by atoms with van der Waals surface area (Å²) in [5.74, 6) is -3.98. The maximum atomic E-state index is 14.0. The predicted octanol–water partition coefficient (Wildman–Crippen LogP) is 4.97. The van der Waals surface area contributed by atoms with E-state index in [9.17, 15) is 28.4 Å². The Balaban J connectivity index is 1.36. The molecule has 1 fully saturated rings. The van der Waals surface area contributed by atoms with Gasteiger partial charge in [-0.05, 0) is 67.9 Å². The summed E-state index contributed by atoms with van der Waals surface area (Å²) >= 11 is 2.00. The van der Waals surface area contributed by atoms with Gasteiger partial charge in [0.15, 0.2) is 0 Å². The normalized spacial score (nSPS) is 19.0. The lowest BCUT2D eigenvalue weighted by Gasteiger charge is -2.30. The minimum absolute atomic E-state index is 0.206. The van der Waals surface area contributed by atoms with Gasteiger partial charge in [0.05, 0.1) is 28.8 Å². The van der Waals surface area contributed by atoms with Gasteiger partial charge < -0.3 is 10.1 Å². The van der Waals surface area contributed by atoms with Crippen molar-refractivity contribution in [3.8, 4) is 0 Å². The second kappa shape index (κ2) is 11.9. The van der Waals surface area contributed by atoms with Crippen molar-refractivity contribution < 1.29 is 28.3 Å². The van der Waals surface area contributed by atoms with E-state index in [1.807, 2.05) is 19.1 Å². The number of nitrogens with one attached hydrogen (secondary N) is 1. The van der Waals surface area contributed by atoms with E-state index in [2.05, 4.69) is 5.32 Å². The summed E-state index contributed by atoms with van der Waals surface area (Å²) in [6, 6.07) is 18.9. The first-order chi connectivity index (χ1) is 21.2. The molecule has 2 aliphatic rings. The number of benzene rings is 3. The number of hydrogen-bond donors (Lipinski definition) is 1. The number of rotatable bonds is 7. The monoisotopic (exact) mass is 631 g/mol. The standard InChI is InChI=1S/C32H26FN3O6S2/c1-3-42-31(40)19-8-14-22(15-9-19)36-28(38)25-24(18-6-10-20(33)11-7-18)27-30(43-26(25)29(36)39)35(32(41)44-27)16-23(37)34-21-12-4-17(2)5-13-21/h4-15,24-26H,3,16H2,1-2H3,(H,34,37)/t24-,25?,26?/m1/s1. The number of anilines is 2. The first kappa shape index (κ1) is 29.5. The molecular weight excluding hydrogens is 605 g/mol. The van der Waals surface area contributed by atoms with Gasteiger partial charge >= 0.3 is 10.8 Å². The fraction of sp³-hybridized carbons (Fsp3) is 0.219. The van der Waals surface area contributed by atoms with E-state index in [1.54, 1.807) is 31.2 Å². The van der Waals surface area contributed by atoms with Gasteiger partial charge in [-0.3, -0.25) is 23.7 Å². The number of esters is 1. The largest absolute Gasteiger partial charge is 0.462 e. The van der Waals surface area contributed by atoms with Crippen LogP contribution >= 0.6 is 23.1 Å². The Labute approximate surface area is 259 Å².